The Hall–Kier alpha value is -0.550. The Balaban J connectivity index is 2.39. The fourth-order valence-corrected chi connectivity index (χ4v) is 2.22. The van der Waals surface area contributed by atoms with Gasteiger partial charge in [-0.2, -0.15) is 0 Å². The van der Waals surface area contributed by atoms with E-state index in [2.05, 4.69) is 31.2 Å². The molecule has 0 aliphatic rings. The van der Waals surface area contributed by atoms with Crippen LogP contribution in [0.3, 0.4) is 0 Å². The molecule has 3 nitrogen and oxygen atoms in total. The number of hydrogen-bond donors (Lipinski definition) is 0. The zero-order chi connectivity index (χ0) is 12.5. The molecule has 0 aromatic heterocycles. The molecule has 0 amide bonds. The summed E-state index contributed by atoms with van der Waals surface area (Å²) in [5.74, 6) is 1.18. The SMILES string of the molecule is CCCSc1ccc(CCN(OC)OC)cc1. The average Bonchev–Trinajstić information content (AvgIpc) is 2.39. The molecule has 1 aromatic carbocycles. The van der Waals surface area contributed by atoms with Gasteiger partial charge in [0.25, 0.3) is 0 Å². The summed E-state index contributed by atoms with van der Waals surface area (Å²) in [6.07, 6.45) is 2.13. The van der Waals surface area contributed by atoms with Gasteiger partial charge in [0, 0.05) is 4.90 Å². The Morgan fingerprint density at radius 1 is 1.12 bits per heavy atom. The molecule has 0 aliphatic carbocycles. The second-order valence-electron chi connectivity index (χ2n) is 3.66. The van der Waals surface area contributed by atoms with E-state index < -0.39 is 0 Å². The molecular formula is C13H21NO2S. The fourth-order valence-electron chi connectivity index (χ4n) is 1.45. The highest BCUT2D eigenvalue weighted by atomic mass is 32.2. The molecule has 0 spiro atoms. The quantitative estimate of drug-likeness (QED) is 0.525. The Morgan fingerprint density at radius 2 is 1.76 bits per heavy atom. The standard InChI is InChI=1S/C13H21NO2S/c1-4-11-17-13-7-5-12(6-8-13)9-10-14(15-2)16-3/h5-8H,4,9-11H2,1-3H3. The van der Waals surface area contributed by atoms with Crippen LogP contribution in [-0.4, -0.2) is 31.7 Å². The van der Waals surface area contributed by atoms with E-state index in [9.17, 15) is 0 Å². The van der Waals surface area contributed by atoms with Crippen molar-refractivity contribution in [1.29, 1.82) is 0 Å². The molecule has 0 heterocycles. The van der Waals surface area contributed by atoms with Crippen molar-refractivity contribution in [2.45, 2.75) is 24.7 Å². The van der Waals surface area contributed by atoms with Crippen LogP contribution in [0.1, 0.15) is 18.9 Å². The maximum absolute atomic E-state index is 5.01. The van der Waals surface area contributed by atoms with E-state index in [1.54, 1.807) is 14.2 Å². The highest BCUT2D eigenvalue weighted by Gasteiger charge is 2.02. The molecule has 0 aliphatic heterocycles. The summed E-state index contributed by atoms with van der Waals surface area (Å²) in [5.41, 5.74) is 1.30. The van der Waals surface area contributed by atoms with Crippen LogP contribution in [0, 0.1) is 0 Å². The minimum absolute atomic E-state index is 0.731. The van der Waals surface area contributed by atoms with Gasteiger partial charge in [-0.25, -0.2) is 0 Å². The topological polar surface area (TPSA) is 21.7 Å². The summed E-state index contributed by atoms with van der Waals surface area (Å²) in [6, 6.07) is 8.70. The number of nitrogens with zero attached hydrogens (tertiary/aromatic N) is 1. The van der Waals surface area contributed by atoms with Gasteiger partial charge in [0.2, 0.25) is 0 Å². The van der Waals surface area contributed by atoms with Crippen LogP contribution in [0.5, 0.6) is 0 Å². The Morgan fingerprint density at radius 3 is 2.29 bits per heavy atom. The van der Waals surface area contributed by atoms with E-state index in [0.29, 0.717) is 0 Å². The third kappa shape index (κ3) is 5.55. The van der Waals surface area contributed by atoms with Gasteiger partial charge in [0.1, 0.15) is 0 Å². The summed E-state index contributed by atoms with van der Waals surface area (Å²) in [6.45, 7) is 2.93. The number of thioether (sulfide) groups is 1. The number of benzene rings is 1. The molecule has 0 atom stereocenters. The normalized spacial score (nSPS) is 11.1. The Kier molecular flexibility index (Phi) is 7.28. The van der Waals surface area contributed by atoms with Crippen LogP contribution < -0.4 is 0 Å². The third-order valence-electron chi connectivity index (χ3n) is 2.39. The zero-order valence-corrected chi connectivity index (χ0v) is 11.6. The first kappa shape index (κ1) is 14.5. The summed E-state index contributed by atoms with van der Waals surface area (Å²) in [7, 11) is 3.21. The van der Waals surface area contributed by atoms with Crippen molar-refractivity contribution < 1.29 is 9.68 Å². The van der Waals surface area contributed by atoms with Crippen LogP contribution in [0.4, 0.5) is 0 Å². The van der Waals surface area contributed by atoms with Gasteiger partial charge in [-0.05, 0) is 36.3 Å². The van der Waals surface area contributed by atoms with Crippen LogP contribution in [0.25, 0.3) is 0 Å². The molecule has 0 saturated heterocycles. The lowest BCUT2D eigenvalue weighted by molar-refractivity contribution is -0.341. The molecule has 17 heavy (non-hydrogen) atoms. The van der Waals surface area contributed by atoms with Crippen molar-refractivity contribution in [3.63, 3.8) is 0 Å². The van der Waals surface area contributed by atoms with E-state index in [-0.39, 0.29) is 0 Å². The smallest absolute Gasteiger partial charge is 0.0601 e. The van der Waals surface area contributed by atoms with Gasteiger partial charge >= 0.3 is 0 Å². The van der Waals surface area contributed by atoms with Gasteiger partial charge in [-0.1, -0.05) is 24.3 Å². The first-order chi connectivity index (χ1) is 8.30. The molecule has 1 aromatic rings. The predicted molar refractivity (Wildman–Crippen MR) is 71.9 cm³/mol. The van der Waals surface area contributed by atoms with Crippen LogP contribution in [0.2, 0.25) is 0 Å². The summed E-state index contributed by atoms with van der Waals surface area (Å²) < 4.78 is 0. The van der Waals surface area contributed by atoms with Crippen LogP contribution in [0.15, 0.2) is 29.2 Å². The predicted octanol–water partition coefficient (Wildman–Crippen LogP) is 3.16. The van der Waals surface area contributed by atoms with Crippen molar-refractivity contribution in [2.75, 3.05) is 26.5 Å². The van der Waals surface area contributed by atoms with E-state index in [1.165, 1.54) is 27.9 Å². The van der Waals surface area contributed by atoms with Crippen molar-refractivity contribution in [1.82, 2.24) is 5.23 Å². The lowest BCUT2D eigenvalue weighted by Crippen LogP contribution is -2.23. The largest absolute Gasteiger partial charge is 0.278 e. The zero-order valence-electron chi connectivity index (χ0n) is 10.8. The van der Waals surface area contributed by atoms with E-state index >= 15 is 0 Å². The maximum Gasteiger partial charge on any atom is 0.0601 e. The van der Waals surface area contributed by atoms with E-state index in [1.807, 2.05) is 11.8 Å². The van der Waals surface area contributed by atoms with Gasteiger partial charge in [-0.3, -0.25) is 9.68 Å². The molecule has 0 radical (unpaired) electrons. The summed E-state index contributed by atoms with van der Waals surface area (Å²) >= 11 is 1.90. The molecular weight excluding hydrogens is 234 g/mol. The van der Waals surface area contributed by atoms with Crippen molar-refractivity contribution in [3.05, 3.63) is 29.8 Å². The first-order valence-corrected chi connectivity index (χ1v) is 6.86. The Labute approximate surface area is 108 Å². The van der Waals surface area contributed by atoms with E-state index in [4.69, 9.17) is 9.68 Å². The van der Waals surface area contributed by atoms with Crippen molar-refractivity contribution in [2.24, 2.45) is 0 Å². The number of hydrogen-bond acceptors (Lipinski definition) is 4. The highest BCUT2D eigenvalue weighted by molar-refractivity contribution is 7.99. The van der Waals surface area contributed by atoms with Gasteiger partial charge in [-0.15, -0.1) is 11.8 Å². The minimum atomic E-state index is 0.731. The lowest BCUT2D eigenvalue weighted by Gasteiger charge is -2.15. The first-order valence-electron chi connectivity index (χ1n) is 5.87. The number of rotatable bonds is 8. The molecule has 0 fully saturated rings. The second kappa shape index (κ2) is 8.53. The van der Waals surface area contributed by atoms with Gasteiger partial charge < -0.3 is 0 Å². The molecule has 0 saturated carbocycles. The van der Waals surface area contributed by atoms with Crippen LogP contribution >= 0.6 is 11.8 Å². The molecule has 1 rings (SSSR count). The molecule has 96 valence electrons. The third-order valence-corrected chi connectivity index (χ3v) is 3.60. The second-order valence-corrected chi connectivity index (χ2v) is 4.83. The van der Waals surface area contributed by atoms with Crippen LogP contribution in [-0.2, 0) is 16.1 Å². The van der Waals surface area contributed by atoms with Crippen molar-refractivity contribution >= 4 is 11.8 Å². The molecule has 0 N–H and O–H groups in total. The highest BCUT2D eigenvalue weighted by Crippen LogP contribution is 2.19. The molecule has 0 unspecified atom stereocenters. The average molecular weight is 255 g/mol. The monoisotopic (exact) mass is 255 g/mol. The lowest BCUT2D eigenvalue weighted by atomic mass is 10.1. The molecule has 4 heteroatoms. The molecule has 0 bridgehead atoms. The fraction of sp³-hybridized carbons (Fsp3) is 0.538. The van der Waals surface area contributed by atoms with Gasteiger partial charge in [0.05, 0.1) is 20.8 Å². The summed E-state index contributed by atoms with van der Waals surface area (Å²) in [5, 5.41) is 1.47. The van der Waals surface area contributed by atoms with Crippen molar-refractivity contribution in [3.8, 4) is 0 Å². The Bertz CT molecular complexity index is 299. The summed E-state index contributed by atoms with van der Waals surface area (Å²) in [4.78, 5) is 11.3. The minimum Gasteiger partial charge on any atom is -0.278 e. The maximum atomic E-state index is 5.01. The van der Waals surface area contributed by atoms with E-state index in [0.717, 1.165) is 13.0 Å². The van der Waals surface area contributed by atoms with Gasteiger partial charge in [0.15, 0.2) is 0 Å². The number of hydroxylamine groups is 2.